The molecule has 0 N–H and O–H groups in total. The lowest BCUT2D eigenvalue weighted by Gasteiger charge is -2.36. The van der Waals surface area contributed by atoms with Gasteiger partial charge in [-0.3, -0.25) is 4.79 Å². The predicted octanol–water partition coefficient (Wildman–Crippen LogP) is 1.90. The number of likely N-dealkylation sites (tertiary alicyclic amines) is 1. The molecule has 4 rings (SSSR count). The van der Waals surface area contributed by atoms with E-state index >= 15 is 0 Å². The van der Waals surface area contributed by atoms with Crippen LogP contribution in [-0.2, 0) is 19.7 Å². The molecular formula is C23H35N3O5S. The molecule has 32 heavy (non-hydrogen) atoms. The quantitative estimate of drug-likeness (QED) is 0.615. The summed E-state index contributed by atoms with van der Waals surface area (Å²) >= 11 is 0. The Bertz CT molecular complexity index is 862. The first-order valence-corrected chi connectivity index (χ1v) is 13.1. The molecule has 3 fully saturated rings. The number of hydrogen-bond acceptors (Lipinski definition) is 5. The first-order valence-electron chi connectivity index (χ1n) is 11.7. The number of nitrogens with zero attached hydrogens (tertiary/aromatic N) is 3. The van der Waals surface area contributed by atoms with E-state index in [-0.39, 0.29) is 11.8 Å². The summed E-state index contributed by atoms with van der Waals surface area (Å²) in [5.74, 6) is 1.47. The van der Waals surface area contributed by atoms with E-state index in [9.17, 15) is 13.2 Å². The molecule has 1 aromatic rings. The summed E-state index contributed by atoms with van der Waals surface area (Å²) in [5, 5.41) is 0. The molecule has 0 aliphatic carbocycles. The number of piperidine rings is 1. The number of morpholine rings is 1. The summed E-state index contributed by atoms with van der Waals surface area (Å²) in [6.45, 7) is 6.82. The van der Waals surface area contributed by atoms with Crippen LogP contribution in [0.4, 0.5) is 0 Å². The van der Waals surface area contributed by atoms with E-state index in [1.165, 1.54) is 14.2 Å². The number of hydrogen-bond donors (Lipinski definition) is 0. The van der Waals surface area contributed by atoms with Crippen LogP contribution in [0.2, 0.25) is 0 Å². The van der Waals surface area contributed by atoms with Crippen molar-refractivity contribution in [3.63, 3.8) is 0 Å². The first kappa shape index (κ1) is 23.5. The number of rotatable bonds is 7. The normalized spacial score (nSPS) is 24.0. The highest BCUT2D eigenvalue weighted by Crippen LogP contribution is 2.27. The second-order valence-electron chi connectivity index (χ2n) is 9.08. The molecule has 1 unspecified atom stereocenters. The monoisotopic (exact) mass is 465 g/mol. The lowest BCUT2D eigenvalue weighted by atomic mass is 9.96. The SMILES string of the molecule is Cc1ccc(OCCC2CCN(C(=O)C3CCN(S(=O)(=O)N4CCOCC4)CC3)C2)cc1. The van der Waals surface area contributed by atoms with Crippen molar-refractivity contribution in [3.8, 4) is 5.75 Å². The van der Waals surface area contributed by atoms with Gasteiger partial charge >= 0.3 is 0 Å². The van der Waals surface area contributed by atoms with Crippen molar-refractivity contribution in [2.45, 2.75) is 32.6 Å². The van der Waals surface area contributed by atoms with Gasteiger partial charge in [0.2, 0.25) is 5.91 Å². The van der Waals surface area contributed by atoms with Crippen LogP contribution in [0.25, 0.3) is 0 Å². The highest BCUT2D eigenvalue weighted by Gasteiger charge is 2.37. The Hall–Kier alpha value is -1.68. The smallest absolute Gasteiger partial charge is 0.282 e. The summed E-state index contributed by atoms with van der Waals surface area (Å²) in [5.41, 5.74) is 1.21. The number of amides is 1. The molecule has 1 aromatic carbocycles. The minimum Gasteiger partial charge on any atom is -0.494 e. The third-order valence-corrected chi connectivity index (χ3v) is 8.87. The zero-order valence-electron chi connectivity index (χ0n) is 18.9. The van der Waals surface area contributed by atoms with E-state index in [2.05, 4.69) is 6.92 Å². The molecule has 0 radical (unpaired) electrons. The Kier molecular flexibility index (Phi) is 7.70. The standard InChI is InChI=1S/C23H35N3O5S/c1-19-2-4-22(5-3-19)31-15-9-20-6-10-24(18-20)23(27)21-7-11-25(12-8-21)32(28,29)26-13-16-30-17-14-26/h2-5,20-21H,6-18H2,1H3. The molecule has 3 aliphatic heterocycles. The molecule has 178 valence electrons. The molecule has 8 nitrogen and oxygen atoms in total. The lowest BCUT2D eigenvalue weighted by Crippen LogP contribution is -2.51. The number of carbonyl (C=O) groups excluding carboxylic acids is 1. The molecule has 0 aromatic heterocycles. The van der Waals surface area contributed by atoms with Gasteiger partial charge in [0, 0.05) is 45.2 Å². The summed E-state index contributed by atoms with van der Waals surface area (Å²) in [6, 6.07) is 8.07. The zero-order valence-corrected chi connectivity index (χ0v) is 19.8. The Labute approximate surface area is 191 Å². The fourth-order valence-corrected chi connectivity index (χ4v) is 6.39. The van der Waals surface area contributed by atoms with Gasteiger partial charge in [0.05, 0.1) is 19.8 Å². The maximum atomic E-state index is 13.0. The predicted molar refractivity (Wildman–Crippen MR) is 122 cm³/mol. The van der Waals surface area contributed by atoms with Crippen LogP contribution in [0.5, 0.6) is 5.75 Å². The molecule has 3 saturated heterocycles. The van der Waals surface area contributed by atoms with E-state index in [1.807, 2.05) is 29.2 Å². The van der Waals surface area contributed by atoms with Gasteiger partial charge in [0.15, 0.2) is 0 Å². The minimum atomic E-state index is -3.45. The number of aryl methyl sites for hydroxylation is 1. The average Bonchev–Trinajstić information content (AvgIpc) is 3.29. The van der Waals surface area contributed by atoms with E-state index in [1.54, 1.807) is 0 Å². The third kappa shape index (κ3) is 5.62. The number of benzene rings is 1. The zero-order chi connectivity index (χ0) is 22.6. The van der Waals surface area contributed by atoms with Crippen molar-refractivity contribution < 1.29 is 22.7 Å². The highest BCUT2D eigenvalue weighted by molar-refractivity contribution is 7.86. The fraction of sp³-hybridized carbons (Fsp3) is 0.696. The van der Waals surface area contributed by atoms with E-state index in [0.29, 0.717) is 64.8 Å². The van der Waals surface area contributed by atoms with Crippen molar-refractivity contribution in [1.82, 2.24) is 13.5 Å². The van der Waals surface area contributed by atoms with Gasteiger partial charge in [0.1, 0.15) is 5.75 Å². The molecule has 1 amide bonds. The summed E-state index contributed by atoms with van der Waals surface area (Å²) in [7, 11) is -3.45. The highest BCUT2D eigenvalue weighted by atomic mass is 32.2. The van der Waals surface area contributed by atoms with Gasteiger partial charge in [-0.05, 0) is 50.7 Å². The molecule has 0 bridgehead atoms. The fourth-order valence-electron chi connectivity index (χ4n) is 4.78. The van der Waals surface area contributed by atoms with Crippen molar-refractivity contribution in [2.24, 2.45) is 11.8 Å². The van der Waals surface area contributed by atoms with E-state index in [0.717, 1.165) is 31.7 Å². The second-order valence-corrected chi connectivity index (χ2v) is 11.0. The van der Waals surface area contributed by atoms with Crippen molar-refractivity contribution in [2.75, 3.05) is 59.1 Å². The van der Waals surface area contributed by atoms with Gasteiger partial charge in [-0.15, -0.1) is 0 Å². The van der Waals surface area contributed by atoms with Crippen molar-refractivity contribution in [1.29, 1.82) is 0 Å². The summed E-state index contributed by atoms with van der Waals surface area (Å²) in [6.07, 6.45) is 3.14. The number of carbonyl (C=O) groups is 1. The lowest BCUT2D eigenvalue weighted by molar-refractivity contribution is -0.135. The van der Waals surface area contributed by atoms with Crippen LogP contribution in [0, 0.1) is 18.8 Å². The van der Waals surface area contributed by atoms with Crippen LogP contribution < -0.4 is 4.74 Å². The minimum absolute atomic E-state index is 0.0753. The largest absolute Gasteiger partial charge is 0.494 e. The molecule has 1 atom stereocenters. The topological polar surface area (TPSA) is 79.4 Å². The molecule has 3 aliphatic rings. The molecule has 0 saturated carbocycles. The van der Waals surface area contributed by atoms with E-state index in [4.69, 9.17) is 9.47 Å². The average molecular weight is 466 g/mol. The molecule has 9 heteroatoms. The molecule has 0 spiro atoms. The maximum Gasteiger partial charge on any atom is 0.282 e. The van der Waals surface area contributed by atoms with Gasteiger partial charge < -0.3 is 14.4 Å². The van der Waals surface area contributed by atoms with Crippen LogP contribution in [0.15, 0.2) is 24.3 Å². The summed E-state index contributed by atoms with van der Waals surface area (Å²) in [4.78, 5) is 15.0. The Morgan fingerprint density at radius 2 is 1.66 bits per heavy atom. The molecular weight excluding hydrogens is 430 g/mol. The van der Waals surface area contributed by atoms with Crippen molar-refractivity contribution >= 4 is 16.1 Å². The van der Waals surface area contributed by atoms with Gasteiger partial charge in [-0.1, -0.05) is 17.7 Å². The Balaban J connectivity index is 1.19. The van der Waals surface area contributed by atoms with Crippen LogP contribution in [-0.4, -0.2) is 86.9 Å². The first-order chi connectivity index (χ1) is 15.4. The van der Waals surface area contributed by atoms with Gasteiger partial charge in [-0.25, -0.2) is 0 Å². The van der Waals surface area contributed by atoms with E-state index < -0.39 is 10.2 Å². The Morgan fingerprint density at radius 1 is 1.00 bits per heavy atom. The maximum absolute atomic E-state index is 13.0. The second kappa shape index (κ2) is 10.5. The van der Waals surface area contributed by atoms with Crippen molar-refractivity contribution in [3.05, 3.63) is 29.8 Å². The van der Waals surface area contributed by atoms with Crippen LogP contribution >= 0.6 is 0 Å². The van der Waals surface area contributed by atoms with Crippen LogP contribution in [0.3, 0.4) is 0 Å². The number of ether oxygens (including phenoxy) is 2. The van der Waals surface area contributed by atoms with Gasteiger partial charge in [0.25, 0.3) is 10.2 Å². The molecule has 3 heterocycles. The summed E-state index contributed by atoms with van der Waals surface area (Å²) < 4.78 is 39.8. The Morgan fingerprint density at radius 3 is 2.34 bits per heavy atom. The third-order valence-electron chi connectivity index (χ3n) is 6.84. The van der Waals surface area contributed by atoms with Gasteiger partial charge in [-0.2, -0.15) is 17.0 Å². The van der Waals surface area contributed by atoms with Crippen LogP contribution in [0.1, 0.15) is 31.2 Å².